The highest BCUT2D eigenvalue weighted by molar-refractivity contribution is 9.10. The predicted molar refractivity (Wildman–Crippen MR) is 83.4 cm³/mol. The second-order valence-corrected chi connectivity index (χ2v) is 6.41. The molecule has 0 radical (unpaired) electrons. The van der Waals surface area contributed by atoms with Crippen LogP contribution in [0, 0.1) is 5.92 Å². The van der Waals surface area contributed by atoms with Crippen molar-refractivity contribution in [3.63, 3.8) is 0 Å². The molecule has 1 aromatic rings. The maximum absolute atomic E-state index is 9.64. The Morgan fingerprint density at radius 2 is 1.95 bits per heavy atom. The number of piperidine rings is 1. The van der Waals surface area contributed by atoms with Gasteiger partial charge in [-0.2, -0.15) is 0 Å². The number of nitrogens with zero attached hydrogens (tertiary/aromatic N) is 1. The highest BCUT2D eigenvalue weighted by Gasteiger charge is 2.23. The highest BCUT2D eigenvalue weighted by atomic mass is 79.9. The number of hydrogen-bond donors (Lipinski definition) is 2. The quantitative estimate of drug-likeness (QED) is 0.897. The topological polar surface area (TPSA) is 49.5 Å². The Morgan fingerprint density at radius 1 is 1.32 bits per heavy atom. The lowest BCUT2D eigenvalue weighted by Gasteiger charge is -2.35. The van der Waals surface area contributed by atoms with Gasteiger partial charge in [0.25, 0.3) is 0 Å². The zero-order valence-corrected chi connectivity index (χ0v) is 13.2. The van der Waals surface area contributed by atoms with Gasteiger partial charge in [-0.25, -0.2) is 0 Å². The van der Waals surface area contributed by atoms with E-state index in [4.69, 9.17) is 5.73 Å². The Morgan fingerprint density at radius 3 is 2.42 bits per heavy atom. The molecule has 1 unspecified atom stereocenters. The van der Waals surface area contributed by atoms with E-state index in [2.05, 4.69) is 39.0 Å². The number of halogens is 1. The molecule has 1 aromatic carbocycles. The van der Waals surface area contributed by atoms with Gasteiger partial charge in [0, 0.05) is 29.3 Å². The smallest absolute Gasteiger partial charge is 0.0541 e. The summed E-state index contributed by atoms with van der Waals surface area (Å²) in [6.07, 6.45) is 1.93. The number of benzene rings is 1. The van der Waals surface area contributed by atoms with E-state index in [0.717, 1.165) is 36.0 Å². The maximum atomic E-state index is 9.64. The van der Waals surface area contributed by atoms with E-state index >= 15 is 0 Å². The number of anilines is 1. The second kappa shape index (κ2) is 6.25. The zero-order valence-electron chi connectivity index (χ0n) is 11.6. The van der Waals surface area contributed by atoms with Gasteiger partial charge in [-0.1, -0.05) is 22.0 Å². The van der Waals surface area contributed by atoms with E-state index in [-0.39, 0.29) is 12.1 Å². The van der Waals surface area contributed by atoms with Crippen LogP contribution in [-0.2, 0) is 0 Å². The van der Waals surface area contributed by atoms with Crippen LogP contribution in [0.25, 0.3) is 0 Å². The van der Waals surface area contributed by atoms with Gasteiger partial charge in [-0.05, 0) is 50.3 Å². The Hall–Kier alpha value is -0.580. The minimum Gasteiger partial charge on any atom is -0.393 e. The van der Waals surface area contributed by atoms with Gasteiger partial charge in [0.2, 0.25) is 0 Å². The molecular formula is C15H23BrN2O. The zero-order chi connectivity index (χ0) is 14.0. The van der Waals surface area contributed by atoms with Gasteiger partial charge >= 0.3 is 0 Å². The van der Waals surface area contributed by atoms with Crippen LogP contribution in [0.5, 0.6) is 0 Å². The fourth-order valence-corrected chi connectivity index (χ4v) is 3.45. The van der Waals surface area contributed by atoms with Crippen molar-refractivity contribution in [1.82, 2.24) is 0 Å². The number of aliphatic hydroxyl groups is 1. The largest absolute Gasteiger partial charge is 0.393 e. The molecule has 1 aliphatic rings. The summed E-state index contributed by atoms with van der Waals surface area (Å²) < 4.78 is 1.08. The van der Waals surface area contributed by atoms with Crippen molar-refractivity contribution >= 4 is 21.6 Å². The summed E-state index contributed by atoms with van der Waals surface area (Å²) >= 11 is 3.60. The molecule has 0 spiro atoms. The summed E-state index contributed by atoms with van der Waals surface area (Å²) in [6, 6.07) is 6.45. The van der Waals surface area contributed by atoms with Gasteiger partial charge in [-0.15, -0.1) is 0 Å². The minimum atomic E-state index is -0.186. The van der Waals surface area contributed by atoms with Crippen LogP contribution in [-0.4, -0.2) is 24.3 Å². The fraction of sp³-hybridized carbons (Fsp3) is 0.600. The van der Waals surface area contributed by atoms with Crippen LogP contribution in [0.4, 0.5) is 5.69 Å². The summed E-state index contributed by atoms with van der Waals surface area (Å²) in [4.78, 5) is 2.38. The standard InChI is InChI=1S/C15H23BrN2O/c1-10(17)14-4-3-13(9-15(14)16)18-7-5-12(6-8-18)11(2)19/h3-4,9-12,19H,5-8,17H2,1-2H3/t10-,11?/m1/s1. The monoisotopic (exact) mass is 326 g/mol. The first-order chi connectivity index (χ1) is 8.99. The van der Waals surface area contributed by atoms with Crippen molar-refractivity contribution in [2.24, 2.45) is 11.7 Å². The molecule has 2 rings (SSSR count). The molecule has 4 heteroatoms. The Labute approximate surface area is 123 Å². The van der Waals surface area contributed by atoms with Gasteiger partial charge in [0.15, 0.2) is 0 Å². The summed E-state index contributed by atoms with van der Waals surface area (Å²) in [5, 5.41) is 9.64. The molecule has 3 N–H and O–H groups in total. The van der Waals surface area contributed by atoms with E-state index < -0.39 is 0 Å². The highest BCUT2D eigenvalue weighted by Crippen LogP contribution is 2.30. The van der Waals surface area contributed by atoms with Crippen LogP contribution in [0.2, 0.25) is 0 Å². The first-order valence-electron chi connectivity index (χ1n) is 6.97. The van der Waals surface area contributed by atoms with Crippen molar-refractivity contribution in [2.45, 2.75) is 38.8 Å². The molecule has 19 heavy (non-hydrogen) atoms. The van der Waals surface area contributed by atoms with Crippen molar-refractivity contribution in [3.05, 3.63) is 28.2 Å². The summed E-state index contributed by atoms with van der Waals surface area (Å²) in [6.45, 7) is 5.92. The number of hydrogen-bond acceptors (Lipinski definition) is 3. The second-order valence-electron chi connectivity index (χ2n) is 5.56. The molecule has 1 heterocycles. The van der Waals surface area contributed by atoms with Crippen molar-refractivity contribution in [3.8, 4) is 0 Å². The lowest BCUT2D eigenvalue weighted by Crippen LogP contribution is -2.37. The first kappa shape index (κ1) is 14.8. The Balaban J connectivity index is 2.06. The average molecular weight is 327 g/mol. The van der Waals surface area contributed by atoms with Crippen molar-refractivity contribution in [2.75, 3.05) is 18.0 Å². The molecular weight excluding hydrogens is 304 g/mol. The van der Waals surface area contributed by atoms with E-state index in [1.165, 1.54) is 5.69 Å². The Kier molecular flexibility index (Phi) is 4.87. The van der Waals surface area contributed by atoms with Gasteiger partial charge < -0.3 is 15.7 Å². The van der Waals surface area contributed by atoms with E-state index in [9.17, 15) is 5.11 Å². The van der Waals surface area contributed by atoms with E-state index in [1.807, 2.05) is 13.8 Å². The van der Waals surface area contributed by atoms with Crippen molar-refractivity contribution in [1.29, 1.82) is 0 Å². The molecule has 1 saturated heterocycles. The summed E-state index contributed by atoms with van der Waals surface area (Å²) in [5.41, 5.74) is 8.30. The van der Waals surface area contributed by atoms with E-state index in [1.54, 1.807) is 0 Å². The van der Waals surface area contributed by atoms with Crippen LogP contribution in [0.3, 0.4) is 0 Å². The lowest BCUT2D eigenvalue weighted by molar-refractivity contribution is 0.110. The molecule has 2 atom stereocenters. The third-order valence-corrected chi connectivity index (χ3v) is 4.75. The fourth-order valence-electron chi connectivity index (χ4n) is 2.72. The minimum absolute atomic E-state index is 0.0457. The van der Waals surface area contributed by atoms with Crippen LogP contribution >= 0.6 is 15.9 Å². The molecule has 106 valence electrons. The third-order valence-electron chi connectivity index (χ3n) is 4.06. The number of nitrogens with two attached hydrogens (primary N) is 1. The first-order valence-corrected chi connectivity index (χ1v) is 7.76. The van der Waals surface area contributed by atoms with Crippen molar-refractivity contribution < 1.29 is 5.11 Å². The molecule has 0 amide bonds. The molecule has 0 aromatic heterocycles. The number of aliphatic hydroxyl groups excluding tert-OH is 1. The molecule has 0 bridgehead atoms. The Bertz CT molecular complexity index is 426. The van der Waals surface area contributed by atoms with Crippen LogP contribution in [0.1, 0.15) is 38.3 Å². The SMILES string of the molecule is CC(O)C1CCN(c2ccc([C@@H](C)N)c(Br)c2)CC1. The van der Waals surface area contributed by atoms with Crippen LogP contribution < -0.4 is 10.6 Å². The molecule has 3 nitrogen and oxygen atoms in total. The lowest BCUT2D eigenvalue weighted by atomic mass is 9.92. The molecule has 1 aliphatic heterocycles. The molecule has 0 aliphatic carbocycles. The van der Waals surface area contributed by atoms with Crippen LogP contribution in [0.15, 0.2) is 22.7 Å². The molecule has 1 fully saturated rings. The normalized spacial score (nSPS) is 20.4. The van der Waals surface area contributed by atoms with E-state index in [0.29, 0.717) is 5.92 Å². The average Bonchev–Trinajstić information content (AvgIpc) is 2.38. The van der Waals surface area contributed by atoms with Gasteiger partial charge in [0.1, 0.15) is 0 Å². The predicted octanol–water partition coefficient (Wildman–Crippen LogP) is 3.07. The third kappa shape index (κ3) is 3.50. The maximum Gasteiger partial charge on any atom is 0.0541 e. The van der Waals surface area contributed by atoms with Gasteiger partial charge in [-0.3, -0.25) is 0 Å². The van der Waals surface area contributed by atoms with Gasteiger partial charge in [0.05, 0.1) is 6.10 Å². The number of rotatable bonds is 3. The summed E-state index contributed by atoms with van der Waals surface area (Å²) in [5.74, 6) is 0.447. The summed E-state index contributed by atoms with van der Waals surface area (Å²) in [7, 11) is 0. The molecule has 0 saturated carbocycles.